The van der Waals surface area contributed by atoms with Gasteiger partial charge in [-0.3, -0.25) is 0 Å². The van der Waals surface area contributed by atoms with E-state index >= 15 is 0 Å². The Hall–Kier alpha value is -1.93. The number of H-pyrrole nitrogens is 1. The van der Waals surface area contributed by atoms with Crippen LogP contribution in [0.4, 0.5) is 5.82 Å². The molecule has 0 radical (unpaired) electrons. The van der Waals surface area contributed by atoms with Gasteiger partial charge >= 0.3 is 5.69 Å². The standard InChI is InChI=1S/C10H15N5O3/c1-6-12-7(11-4-10(2,18)5-16)3-8-13-14-9(17)15(6)8/h3,11,16,18H,4-5H2,1-2H3,(H,14,17). The normalized spacial score (nSPS) is 14.7. The molecule has 2 heterocycles. The number of aliphatic hydroxyl groups excluding tert-OH is 1. The third-order valence-corrected chi connectivity index (χ3v) is 2.56. The predicted octanol–water partition coefficient (Wildman–Crippen LogP) is -1.12. The zero-order valence-electron chi connectivity index (χ0n) is 10.1. The van der Waals surface area contributed by atoms with Crippen LogP contribution in [0.25, 0.3) is 5.65 Å². The Bertz CT molecular complexity index is 615. The van der Waals surface area contributed by atoms with E-state index in [0.29, 0.717) is 17.3 Å². The van der Waals surface area contributed by atoms with Crippen LogP contribution in [-0.4, -0.2) is 48.5 Å². The minimum absolute atomic E-state index is 0.140. The fourth-order valence-corrected chi connectivity index (χ4v) is 1.53. The van der Waals surface area contributed by atoms with Gasteiger partial charge in [-0.2, -0.15) is 5.10 Å². The third-order valence-electron chi connectivity index (χ3n) is 2.56. The molecule has 0 amide bonds. The monoisotopic (exact) mass is 253 g/mol. The van der Waals surface area contributed by atoms with Gasteiger partial charge in [0.2, 0.25) is 0 Å². The van der Waals surface area contributed by atoms with E-state index in [1.807, 2.05) is 0 Å². The van der Waals surface area contributed by atoms with E-state index < -0.39 is 5.60 Å². The number of hydrogen-bond acceptors (Lipinski definition) is 6. The molecular formula is C10H15N5O3. The molecule has 2 rings (SSSR count). The van der Waals surface area contributed by atoms with Crippen molar-refractivity contribution in [1.29, 1.82) is 0 Å². The molecule has 0 aromatic carbocycles. The summed E-state index contributed by atoms with van der Waals surface area (Å²) in [7, 11) is 0. The molecule has 0 aliphatic carbocycles. The second-order valence-electron chi connectivity index (χ2n) is 4.42. The smallest absolute Gasteiger partial charge is 0.349 e. The molecule has 4 N–H and O–H groups in total. The van der Waals surface area contributed by atoms with E-state index in [4.69, 9.17) is 5.11 Å². The van der Waals surface area contributed by atoms with E-state index in [1.165, 1.54) is 11.3 Å². The van der Waals surface area contributed by atoms with Gasteiger partial charge in [0.05, 0.1) is 6.61 Å². The summed E-state index contributed by atoms with van der Waals surface area (Å²) in [5.74, 6) is 0.963. The van der Waals surface area contributed by atoms with Crippen LogP contribution in [-0.2, 0) is 0 Å². The lowest BCUT2D eigenvalue weighted by Gasteiger charge is -2.21. The van der Waals surface area contributed by atoms with E-state index in [1.54, 1.807) is 13.0 Å². The van der Waals surface area contributed by atoms with Crippen molar-refractivity contribution in [3.05, 3.63) is 22.4 Å². The summed E-state index contributed by atoms with van der Waals surface area (Å²) in [6.45, 7) is 2.97. The lowest BCUT2D eigenvalue weighted by atomic mass is 10.1. The van der Waals surface area contributed by atoms with Crippen molar-refractivity contribution in [2.75, 3.05) is 18.5 Å². The summed E-state index contributed by atoms with van der Waals surface area (Å²) in [5, 5.41) is 27.6. The van der Waals surface area contributed by atoms with Gasteiger partial charge in [-0.15, -0.1) is 0 Å². The molecule has 0 spiro atoms. The molecule has 1 atom stereocenters. The first-order chi connectivity index (χ1) is 8.43. The summed E-state index contributed by atoms with van der Waals surface area (Å²) in [5.41, 5.74) is -1.13. The number of anilines is 1. The first-order valence-corrected chi connectivity index (χ1v) is 5.45. The van der Waals surface area contributed by atoms with Crippen molar-refractivity contribution in [3.63, 3.8) is 0 Å². The van der Waals surface area contributed by atoms with Gasteiger partial charge < -0.3 is 15.5 Å². The maximum absolute atomic E-state index is 11.4. The summed E-state index contributed by atoms with van der Waals surface area (Å²) in [6, 6.07) is 1.58. The number of aromatic amines is 1. The topological polar surface area (TPSA) is 116 Å². The summed E-state index contributed by atoms with van der Waals surface area (Å²) >= 11 is 0. The second-order valence-corrected chi connectivity index (χ2v) is 4.42. The molecule has 2 aromatic heterocycles. The molecule has 8 nitrogen and oxygen atoms in total. The van der Waals surface area contributed by atoms with Crippen LogP contribution in [0, 0.1) is 6.92 Å². The van der Waals surface area contributed by atoms with Crippen LogP contribution >= 0.6 is 0 Å². The number of rotatable bonds is 4. The van der Waals surface area contributed by atoms with Gasteiger partial charge in [-0.1, -0.05) is 0 Å². The molecule has 8 heteroatoms. The Morgan fingerprint density at radius 3 is 3.00 bits per heavy atom. The first-order valence-electron chi connectivity index (χ1n) is 5.45. The Morgan fingerprint density at radius 2 is 2.33 bits per heavy atom. The number of fused-ring (bicyclic) bond motifs is 1. The Kier molecular flexibility index (Phi) is 3.05. The molecular weight excluding hydrogens is 238 g/mol. The zero-order chi connectivity index (χ0) is 13.3. The number of nitrogens with zero attached hydrogens (tertiary/aromatic N) is 3. The molecule has 0 fully saturated rings. The van der Waals surface area contributed by atoms with E-state index in [2.05, 4.69) is 20.5 Å². The molecule has 0 bridgehead atoms. The highest BCUT2D eigenvalue weighted by Gasteiger charge is 2.19. The third kappa shape index (κ3) is 2.34. The van der Waals surface area contributed by atoms with Gasteiger partial charge in [0.25, 0.3) is 0 Å². The minimum Gasteiger partial charge on any atom is -0.393 e. The molecule has 0 aliphatic heterocycles. The Labute approximate surface area is 102 Å². The van der Waals surface area contributed by atoms with Crippen LogP contribution in [0.15, 0.2) is 10.9 Å². The maximum atomic E-state index is 11.4. The molecule has 18 heavy (non-hydrogen) atoms. The number of nitrogens with one attached hydrogen (secondary N) is 2. The molecule has 1 unspecified atom stereocenters. The van der Waals surface area contributed by atoms with E-state index in [0.717, 1.165) is 0 Å². The largest absolute Gasteiger partial charge is 0.393 e. The zero-order valence-corrected chi connectivity index (χ0v) is 10.1. The van der Waals surface area contributed by atoms with E-state index in [9.17, 15) is 9.90 Å². The van der Waals surface area contributed by atoms with Gasteiger partial charge in [0.1, 0.15) is 17.2 Å². The van der Waals surface area contributed by atoms with Crippen LogP contribution in [0.3, 0.4) is 0 Å². The van der Waals surface area contributed by atoms with E-state index in [-0.39, 0.29) is 18.8 Å². The molecule has 0 saturated carbocycles. The van der Waals surface area contributed by atoms with Crippen molar-refractivity contribution in [3.8, 4) is 0 Å². The first kappa shape index (κ1) is 12.5. The van der Waals surface area contributed by atoms with Crippen molar-refractivity contribution in [2.45, 2.75) is 19.4 Å². The lowest BCUT2D eigenvalue weighted by molar-refractivity contribution is 0.0131. The van der Waals surface area contributed by atoms with Crippen molar-refractivity contribution in [1.82, 2.24) is 19.6 Å². The molecule has 2 aromatic rings. The fourth-order valence-electron chi connectivity index (χ4n) is 1.53. The summed E-state index contributed by atoms with van der Waals surface area (Å²) in [4.78, 5) is 15.6. The summed E-state index contributed by atoms with van der Waals surface area (Å²) in [6.07, 6.45) is 0. The van der Waals surface area contributed by atoms with Crippen LogP contribution in [0.2, 0.25) is 0 Å². The van der Waals surface area contributed by atoms with Gasteiger partial charge in [-0.05, 0) is 13.8 Å². The fraction of sp³-hybridized carbons (Fsp3) is 0.500. The highest BCUT2D eigenvalue weighted by Crippen LogP contribution is 2.10. The van der Waals surface area contributed by atoms with Crippen molar-refractivity contribution < 1.29 is 10.2 Å². The number of aliphatic hydroxyl groups is 2. The number of aromatic nitrogens is 4. The molecule has 0 saturated heterocycles. The average Bonchev–Trinajstić information content (AvgIpc) is 2.69. The van der Waals surface area contributed by atoms with Crippen LogP contribution in [0.1, 0.15) is 12.7 Å². The molecule has 98 valence electrons. The predicted molar refractivity (Wildman–Crippen MR) is 64.5 cm³/mol. The average molecular weight is 253 g/mol. The van der Waals surface area contributed by atoms with Crippen LogP contribution < -0.4 is 11.0 Å². The second kappa shape index (κ2) is 4.39. The van der Waals surface area contributed by atoms with Crippen molar-refractivity contribution in [2.24, 2.45) is 0 Å². The minimum atomic E-state index is -1.23. The van der Waals surface area contributed by atoms with Gasteiger partial charge in [-0.25, -0.2) is 19.3 Å². The molecule has 0 aliphatic rings. The van der Waals surface area contributed by atoms with Gasteiger partial charge in [0, 0.05) is 12.6 Å². The Balaban J connectivity index is 2.28. The SMILES string of the molecule is Cc1nc(NCC(C)(O)CO)cc2n[nH]c(=O)n12. The summed E-state index contributed by atoms with van der Waals surface area (Å²) < 4.78 is 1.34. The quantitative estimate of drug-likeness (QED) is 0.548. The lowest BCUT2D eigenvalue weighted by Crippen LogP contribution is -2.37. The maximum Gasteiger partial charge on any atom is 0.349 e. The highest BCUT2D eigenvalue weighted by atomic mass is 16.3. The van der Waals surface area contributed by atoms with Gasteiger partial charge in [0.15, 0.2) is 5.65 Å². The number of hydrogen-bond donors (Lipinski definition) is 4. The number of aryl methyl sites for hydroxylation is 1. The Morgan fingerprint density at radius 1 is 1.61 bits per heavy atom. The highest BCUT2D eigenvalue weighted by molar-refractivity contribution is 5.49. The van der Waals surface area contributed by atoms with Crippen molar-refractivity contribution >= 4 is 11.5 Å². The van der Waals surface area contributed by atoms with Crippen LogP contribution in [0.5, 0.6) is 0 Å².